The van der Waals surface area contributed by atoms with Crippen LogP contribution < -0.4 is 16.8 Å². The van der Waals surface area contributed by atoms with Gasteiger partial charge >= 0.3 is 6.09 Å². The second-order valence-electron chi connectivity index (χ2n) is 3.01. The van der Waals surface area contributed by atoms with E-state index < -0.39 is 6.09 Å². The van der Waals surface area contributed by atoms with Gasteiger partial charge in [-0.1, -0.05) is 0 Å². The van der Waals surface area contributed by atoms with Crippen LogP contribution >= 0.6 is 0 Å². The number of amides is 1. The minimum atomic E-state index is -0.811. The summed E-state index contributed by atoms with van der Waals surface area (Å²) in [4.78, 5) is 10.3. The Morgan fingerprint density at radius 3 is 2.88 bits per heavy atom. The molecule has 6 nitrogen and oxygen atoms in total. The molecule has 6 heteroatoms. The molecular weight excluding hydrogens is 208 g/mol. The standard InChI is InChI=1S/C10H12N4O2/c11-6-7-1-2-9(8(12)5-7)14-3-4-16-10(13)15/h1-2,5,14H,3-4,12H2,(H2,13,15). The monoisotopic (exact) mass is 220 g/mol. The van der Waals surface area contributed by atoms with Crippen LogP contribution in [0.4, 0.5) is 16.2 Å². The Labute approximate surface area is 92.8 Å². The molecule has 0 aromatic heterocycles. The zero-order chi connectivity index (χ0) is 12.0. The van der Waals surface area contributed by atoms with Crippen molar-refractivity contribution in [3.63, 3.8) is 0 Å². The molecule has 1 aromatic rings. The van der Waals surface area contributed by atoms with E-state index in [9.17, 15) is 4.79 Å². The van der Waals surface area contributed by atoms with Crippen molar-refractivity contribution in [2.24, 2.45) is 5.73 Å². The quantitative estimate of drug-likeness (QED) is 0.509. The van der Waals surface area contributed by atoms with Crippen molar-refractivity contribution in [1.82, 2.24) is 0 Å². The molecule has 0 heterocycles. The van der Waals surface area contributed by atoms with Crippen molar-refractivity contribution in [3.05, 3.63) is 23.8 Å². The van der Waals surface area contributed by atoms with Crippen LogP contribution in [0.25, 0.3) is 0 Å². The lowest BCUT2D eigenvalue weighted by atomic mass is 10.2. The lowest BCUT2D eigenvalue weighted by Crippen LogP contribution is -2.18. The molecule has 0 saturated heterocycles. The molecule has 0 fully saturated rings. The lowest BCUT2D eigenvalue weighted by Gasteiger charge is -2.08. The van der Waals surface area contributed by atoms with Gasteiger partial charge in [-0.25, -0.2) is 4.79 Å². The number of carbonyl (C=O) groups is 1. The van der Waals surface area contributed by atoms with Crippen LogP contribution in [0.2, 0.25) is 0 Å². The van der Waals surface area contributed by atoms with E-state index in [1.165, 1.54) is 0 Å². The summed E-state index contributed by atoms with van der Waals surface area (Å²) in [6.45, 7) is 0.563. The fraction of sp³-hybridized carbons (Fsp3) is 0.200. The van der Waals surface area contributed by atoms with E-state index in [1.807, 2.05) is 6.07 Å². The zero-order valence-electron chi connectivity index (χ0n) is 8.56. The molecule has 1 rings (SSSR count). The fourth-order valence-corrected chi connectivity index (χ4v) is 1.13. The number of nitrogens with zero attached hydrogens (tertiary/aromatic N) is 1. The van der Waals surface area contributed by atoms with Gasteiger partial charge in [0.15, 0.2) is 0 Å². The second-order valence-corrected chi connectivity index (χ2v) is 3.01. The van der Waals surface area contributed by atoms with Crippen LogP contribution in [0.15, 0.2) is 18.2 Å². The summed E-state index contributed by atoms with van der Waals surface area (Å²) < 4.78 is 4.53. The van der Waals surface area contributed by atoms with Gasteiger partial charge in [-0.15, -0.1) is 0 Å². The average Bonchev–Trinajstić information content (AvgIpc) is 2.25. The van der Waals surface area contributed by atoms with Crippen LogP contribution in [-0.4, -0.2) is 19.2 Å². The van der Waals surface area contributed by atoms with Crippen molar-refractivity contribution in [2.75, 3.05) is 24.2 Å². The van der Waals surface area contributed by atoms with Crippen molar-refractivity contribution >= 4 is 17.5 Å². The zero-order valence-corrected chi connectivity index (χ0v) is 8.56. The Balaban J connectivity index is 2.49. The summed E-state index contributed by atoms with van der Waals surface area (Å²) in [7, 11) is 0. The molecule has 16 heavy (non-hydrogen) atoms. The number of anilines is 2. The Kier molecular flexibility index (Phi) is 3.98. The highest BCUT2D eigenvalue weighted by molar-refractivity contribution is 5.68. The molecule has 0 radical (unpaired) electrons. The summed E-state index contributed by atoms with van der Waals surface area (Å²) >= 11 is 0. The fourth-order valence-electron chi connectivity index (χ4n) is 1.13. The Hall–Kier alpha value is -2.42. The van der Waals surface area contributed by atoms with Gasteiger partial charge in [0.2, 0.25) is 0 Å². The predicted molar refractivity (Wildman–Crippen MR) is 59.6 cm³/mol. The summed E-state index contributed by atoms with van der Waals surface area (Å²) in [5.41, 5.74) is 12.1. The van der Waals surface area contributed by atoms with Gasteiger partial charge in [-0.2, -0.15) is 5.26 Å². The topological polar surface area (TPSA) is 114 Å². The van der Waals surface area contributed by atoms with Gasteiger partial charge in [0.05, 0.1) is 23.0 Å². The molecular formula is C10H12N4O2. The number of carbonyl (C=O) groups excluding carboxylic acids is 1. The average molecular weight is 220 g/mol. The number of nitriles is 1. The summed E-state index contributed by atoms with van der Waals surface area (Å²) in [6, 6.07) is 6.89. The minimum absolute atomic E-state index is 0.161. The van der Waals surface area contributed by atoms with Crippen LogP contribution in [0.3, 0.4) is 0 Å². The highest BCUT2D eigenvalue weighted by Gasteiger charge is 2.00. The number of primary amides is 1. The molecule has 1 amide bonds. The maximum Gasteiger partial charge on any atom is 0.404 e. The first-order valence-electron chi connectivity index (χ1n) is 4.59. The number of nitrogens with two attached hydrogens (primary N) is 2. The molecule has 0 aliphatic heterocycles. The smallest absolute Gasteiger partial charge is 0.404 e. The number of rotatable bonds is 4. The maximum absolute atomic E-state index is 10.3. The van der Waals surface area contributed by atoms with E-state index in [4.69, 9.17) is 16.7 Å². The molecule has 0 atom stereocenters. The van der Waals surface area contributed by atoms with E-state index >= 15 is 0 Å². The van der Waals surface area contributed by atoms with Crippen molar-refractivity contribution in [1.29, 1.82) is 5.26 Å². The molecule has 84 valence electrons. The maximum atomic E-state index is 10.3. The first-order chi connectivity index (χ1) is 7.63. The molecule has 1 aromatic carbocycles. The van der Waals surface area contributed by atoms with Crippen LogP contribution in [0.1, 0.15) is 5.56 Å². The van der Waals surface area contributed by atoms with Crippen molar-refractivity contribution < 1.29 is 9.53 Å². The normalized spacial score (nSPS) is 9.19. The highest BCUT2D eigenvalue weighted by atomic mass is 16.5. The van der Waals surface area contributed by atoms with Gasteiger partial charge in [-0.3, -0.25) is 0 Å². The number of hydrogen-bond acceptors (Lipinski definition) is 5. The highest BCUT2D eigenvalue weighted by Crippen LogP contribution is 2.18. The first-order valence-corrected chi connectivity index (χ1v) is 4.59. The van der Waals surface area contributed by atoms with Crippen LogP contribution in [-0.2, 0) is 4.74 Å². The number of benzene rings is 1. The van der Waals surface area contributed by atoms with Gasteiger partial charge in [0.1, 0.15) is 6.61 Å². The summed E-state index contributed by atoms with van der Waals surface area (Å²) in [6.07, 6.45) is -0.811. The van der Waals surface area contributed by atoms with Gasteiger partial charge in [0, 0.05) is 6.54 Å². The van der Waals surface area contributed by atoms with Crippen molar-refractivity contribution in [3.8, 4) is 6.07 Å². The summed E-state index contributed by atoms with van der Waals surface area (Å²) in [5.74, 6) is 0. The van der Waals surface area contributed by atoms with Crippen LogP contribution in [0, 0.1) is 11.3 Å². The molecule has 0 spiro atoms. The second kappa shape index (κ2) is 5.46. The number of ether oxygens (including phenoxy) is 1. The Morgan fingerprint density at radius 2 is 2.31 bits per heavy atom. The third-order valence-electron chi connectivity index (χ3n) is 1.84. The van der Waals surface area contributed by atoms with Gasteiger partial charge in [0.25, 0.3) is 0 Å². The van der Waals surface area contributed by atoms with E-state index in [2.05, 4.69) is 10.1 Å². The van der Waals surface area contributed by atoms with Crippen LogP contribution in [0.5, 0.6) is 0 Å². The Bertz CT molecular complexity index is 425. The third-order valence-corrected chi connectivity index (χ3v) is 1.84. The lowest BCUT2D eigenvalue weighted by molar-refractivity contribution is 0.161. The number of hydrogen-bond donors (Lipinski definition) is 3. The molecule has 0 unspecified atom stereocenters. The third kappa shape index (κ3) is 3.38. The molecule has 0 saturated carbocycles. The Morgan fingerprint density at radius 1 is 1.56 bits per heavy atom. The van der Waals surface area contributed by atoms with E-state index in [1.54, 1.807) is 18.2 Å². The SMILES string of the molecule is N#Cc1ccc(NCCOC(N)=O)c(N)c1. The molecule has 0 aliphatic rings. The van der Waals surface area contributed by atoms with Gasteiger partial charge in [-0.05, 0) is 18.2 Å². The van der Waals surface area contributed by atoms with Crippen molar-refractivity contribution in [2.45, 2.75) is 0 Å². The predicted octanol–water partition coefficient (Wildman–Crippen LogP) is 0.648. The van der Waals surface area contributed by atoms with E-state index in [0.29, 0.717) is 23.5 Å². The van der Waals surface area contributed by atoms with E-state index in [0.717, 1.165) is 0 Å². The molecule has 0 aliphatic carbocycles. The molecule has 0 bridgehead atoms. The number of nitrogen functional groups attached to an aromatic ring is 1. The number of nitrogens with one attached hydrogen (secondary N) is 1. The molecule has 5 N–H and O–H groups in total. The largest absolute Gasteiger partial charge is 0.448 e. The summed E-state index contributed by atoms with van der Waals surface area (Å²) in [5, 5.41) is 11.6. The minimum Gasteiger partial charge on any atom is -0.448 e. The van der Waals surface area contributed by atoms with E-state index in [-0.39, 0.29) is 6.61 Å². The first kappa shape index (κ1) is 11.7. The van der Waals surface area contributed by atoms with Gasteiger partial charge < -0.3 is 21.5 Å².